The molecule has 0 spiro atoms. The number of nitrogens with zero attached hydrogens (tertiary/aromatic N) is 5. The van der Waals surface area contributed by atoms with Gasteiger partial charge in [0.15, 0.2) is 11.4 Å². The molecule has 4 aromatic rings. The molecule has 128 valence electrons. The van der Waals surface area contributed by atoms with E-state index in [9.17, 15) is 9.18 Å². The maximum atomic E-state index is 13.3. The number of ether oxygens (including phenoxy) is 1. The van der Waals surface area contributed by atoms with Crippen LogP contribution < -0.4 is 4.74 Å². The molecule has 0 bridgehead atoms. The lowest BCUT2D eigenvalue weighted by molar-refractivity contribution is 0.0992. The van der Waals surface area contributed by atoms with Crippen molar-refractivity contribution < 1.29 is 13.9 Å². The summed E-state index contributed by atoms with van der Waals surface area (Å²) in [6.45, 7) is 0. The summed E-state index contributed by atoms with van der Waals surface area (Å²) in [4.78, 5) is 20.6. The highest BCUT2D eigenvalue weighted by Crippen LogP contribution is 2.24. The maximum absolute atomic E-state index is 13.3. The van der Waals surface area contributed by atoms with E-state index in [1.54, 1.807) is 35.0 Å². The third-order valence-electron chi connectivity index (χ3n) is 3.65. The van der Waals surface area contributed by atoms with Crippen LogP contribution in [0, 0.1) is 5.82 Å². The van der Waals surface area contributed by atoms with Crippen LogP contribution in [-0.2, 0) is 6.42 Å². The second kappa shape index (κ2) is 6.67. The molecule has 0 aliphatic heterocycles. The number of hydrogen-bond donors (Lipinski definition) is 0. The Morgan fingerprint density at radius 2 is 2.12 bits per heavy atom. The molecular formula is C18H12FN5O2. The number of hydrogen-bond acceptors (Lipinski definition) is 6. The lowest BCUT2D eigenvalue weighted by Crippen LogP contribution is -2.08. The molecule has 0 amide bonds. The molecule has 0 saturated heterocycles. The molecule has 0 fully saturated rings. The molecule has 8 heteroatoms. The summed E-state index contributed by atoms with van der Waals surface area (Å²) in [6, 6.07) is 8.14. The van der Waals surface area contributed by atoms with E-state index in [4.69, 9.17) is 4.74 Å². The molecule has 0 aromatic carbocycles. The second-order valence-corrected chi connectivity index (χ2v) is 5.51. The molecule has 0 aliphatic carbocycles. The number of fused-ring (bicyclic) bond motifs is 1. The van der Waals surface area contributed by atoms with Crippen molar-refractivity contribution in [3.8, 4) is 11.5 Å². The predicted octanol–water partition coefficient (Wildman–Crippen LogP) is 2.88. The van der Waals surface area contributed by atoms with Gasteiger partial charge in [0, 0.05) is 18.0 Å². The van der Waals surface area contributed by atoms with Gasteiger partial charge in [0.2, 0.25) is 0 Å². The Bertz CT molecular complexity index is 1080. The van der Waals surface area contributed by atoms with Crippen LogP contribution in [0.5, 0.6) is 11.5 Å². The standard InChI is InChI=1S/C18H12FN5O2/c19-12-5-14(9-20-8-12)26-15-7-16(18-23-22-11-24(18)10-15)17(25)6-13-3-1-2-4-21-13/h1-5,7-11H,6H2. The van der Waals surface area contributed by atoms with Gasteiger partial charge in [-0.2, -0.15) is 0 Å². The topological polar surface area (TPSA) is 82.3 Å². The van der Waals surface area contributed by atoms with Gasteiger partial charge in [-0.1, -0.05) is 6.07 Å². The predicted molar refractivity (Wildman–Crippen MR) is 89.5 cm³/mol. The van der Waals surface area contributed by atoms with E-state index in [-0.39, 0.29) is 18.0 Å². The van der Waals surface area contributed by atoms with Gasteiger partial charge in [-0.3, -0.25) is 19.2 Å². The van der Waals surface area contributed by atoms with Crippen LogP contribution in [0.4, 0.5) is 4.39 Å². The zero-order valence-corrected chi connectivity index (χ0v) is 13.4. The van der Waals surface area contributed by atoms with Crippen LogP contribution in [0.3, 0.4) is 0 Å². The normalized spacial score (nSPS) is 10.8. The first-order valence-electron chi connectivity index (χ1n) is 7.74. The number of halogens is 1. The maximum Gasteiger partial charge on any atom is 0.172 e. The van der Waals surface area contributed by atoms with Crippen molar-refractivity contribution in [2.75, 3.05) is 0 Å². The summed E-state index contributed by atoms with van der Waals surface area (Å²) in [7, 11) is 0. The smallest absolute Gasteiger partial charge is 0.172 e. The first-order chi connectivity index (χ1) is 12.7. The van der Waals surface area contributed by atoms with Gasteiger partial charge in [-0.05, 0) is 18.2 Å². The SMILES string of the molecule is O=C(Cc1ccccn1)c1cc(Oc2cncc(F)c2)cn2cnnc12. The summed E-state index contributed by atoms with van der Waals surface area (Å²) >= 11 is 0. The number of ketones is 1. The molecular weight excluding hydrogens is 337 g/mol. The van der Waals surface area contributed by atoms with Gasteiger partial charge < -0.3 is 4.74 Å². The van der Waals surface area contributed by atoms with Crippen LogP contribution in [0.2, 0.25) is 0 Å². The number of rotatable bonds is 5. The van der Waals surface area contributed by atoms with Crippen molar-refractivity contribution in [2.45, 2.75) is 6.42 Å². The molecule has 0 radical (unpaired) electrons. The third kappa shape index (κ3) is 3.25. The summed E-state index contributed by atoms with van der Waals surface area (Å²) in [5.74, 6) is -0.126. The first-order valence-corrected chi connectivity index (χ1v) is 7.74. The molecule has 0 atom stereocenters. The summed E-state index contributed by atoms with van der Waals surface area (Å²) in [6.07, 6.45) is 7.29. The number of carbonyl (C=O) groups is 1. The Balaban J connectivity index is 1.69. The molecule has 0 N–H and O–H groups in total. The van der Waals surface area contributed by atoms with Crippen LogP contribution in [-0.4, -0.2) is 30.3 Å². The fourth-order valence-electron chi connectivity index (χ4n) is 2.52. The number of aromatic nitrogens is 5. The minimum Gasteiger partial charge on any atom is -0.454 e. The van der Waals surface area contributed by atoms with Gasteiger partial charge in [0.1, 0.15) is 23.6 Å². The van der Waals surface area contributed by atoms with Crippen molar-refractivity contribution in [3.05, 3.63) is 78.5 Å². The monoisotopic (exact) mass is 349 g/mol. The molecule has 0 unspecified atom stereocenters. The van der Waals surface area contributed by atoms with Crippen molar-refractivity contribution in [2.24, 2.45) is 0 Å². The van der Waals surface area contributed by atoms with E-state index in [0.29, 0.717) is 22.7 Å². The van der Waals surface area contributed by atoms with E-state index in [0.717, 1.165) is 6.20 Å². The molecule has 0 aliphatic rings. The second-order valence-electron chi connectivity index (χ2n) is 5.51. The lowest BCUT2D eigenvalue weighted by atomic mass is 10.1. The van der Waals surface area contributed by atoms with Crippen molar-refractivity contribution >= 4 is 11.4 Å². The highest BCUT2D eigenvalue weighted by molar-refractivity contribution is 6.02. The molecule has 26 heavy (non-hydrogen) atoms. The minimum absolute atomic E-state index is 0.119. The van der Waals surface area contributed by atoms with Crippen LogP contribution >= 0.6 is 0 Å². The summed E-state index contributed by atoms with van der Waals surface area (Å²) in [5.41, 5.74) is 1.40. The minimum atomic E-state index is -0.515. The van der Waals surface area contributed by atoms with Gasteiger partial charge in [-0.15, -0.1) is 10.2 Å². The van der Waals surface area contributed by atoms with Gasteiger partial charge >= 0.3 is 0 Å². The van der Waals surface area contributed by atoms with Gasteiger partial charge in [0.25, 0.3) is 0 Å². The van der Waals surface area contributed by atoms with E-state index in [1.807, 2.05) is 6.07 Å². The highest BCUT2D eigenvalue weighted by Gasteiger charge is 2.16. The van der Waals surface area contributed by atoms with Crippen molar-refractivity contribution in [1.29, 1.82) is 0 Å². The van der Waals surface area contributed by atoms with Gasteiger partial charge in [0.05, 0.1) is 30.6 Å². The summed E-state index contributed by atoms with van der Waals surface area (Å²) < 4.78 is 20.5. The van der Waals surface area contributed by atoms with Crippen LogP contribution in [0.25, 0.3) is 5.65 Å². The van der Waals surface area contributed by atoms with E-state index in [2.05, 4.69) is 20.2 Å². The number of Topliss-reactive ketones (excluding diaryl/α,β-unsaturated/α-hetero) is 1. The Morgan fingerprint density at radius 1 is 1.19 bits per heavy atom. The Kier molecular flexibility index (Phi) is 4.06. The number of carbonyl (C=O) groups excluding carboxylic acids is 1. The molecule has 4 rings (SSSR count). The first kappa shape index (κ1) is 15.8. The highest BCUT2D eigenvalue weighted by atomic mass is 19.1. The van der Waals surface area contributed by atoms with Crippen molar-refractivity contribution in [1.82, 2.24) is 24.6 Å². The molecule has 7 nitrogen and oxygen atoms in total. The Labute approximate surface area is 147 Å². The Morgan fingerprint density at radius 3 is 2.92 bits per heavy atom. The molecule has 4 heterocycles. The van der Waals surface area contributed by atoms with E-state index >= 15 is 0 Å². The zero-order chi connectivity index (χ0) is 17.9. The fourth-order valence-corrected chi connectivity index (χ4v) is 2.52. The largest absolute Gasteiger partial charge is 0.454 e. The zero-order valence-electron chi connectivity index (χ0n) is 13.4. The molecule has 4 aromatic heterocycles. The molecule has 0 saturated carbocycles. The van der Waals surface area contributed by atoms with Crippen LogP contribution in [0.1, 0.15) is 16.1 Å². The average Bonchev–Trinajstić information content (AvgIpc) is 3.10. The number of pyridine rings is 3. The van der Waals surface area contributed by atoms with E-state index < -0.39 is 5.82 Å². The van der Waals surface area contributed by atoms with Crippen molar-refractivity contribution in [3.63, 3.8) is 0 Å². The van der Waals surface area contributed by atoms with E-state index in [1.165, 1.54) is 18.6 Å². The quantitative estimate of drug-likeness (QED) is 0.515. The third-order valence-corrected chi connectivity index (χ3v) is 3.65. The van der Waals surface area contributed by atoms with Gasteiger partial charge in [-0.25, -0.2) is 4.39 Å². The lowest BCUT2D eigenvalue weighted by Gasteiger charge is -2.09. The fraction of sp³-hybridized carbons (Fsp3) is 0.0556. The average molecular weight is 349 g/mol. The van der Waals surface area contributed by atoms with Crippen LogP contribution in [0.15, 0.2) is 61.4 Å². The Hall–Kier alpha value is -3.68. The summed E-state index contributed by atoms with van der Waals surface area (Å²) in [5, 5.41) is 7.82.